The fraction of sp³-hybridized carbons (Fsp3) is 0.611. The standard InChI is InChI=1S/C18H27NO4/c1-12(2)23-14-10-8-13(9-11-14)18(21)19(3)15-6-5-7-16(22-4)17(15)20/h8-12,15-17,20H,5-7H2,1-4H3/t15-,16-,17-/m1/s1. The molecule has 0 radical (unpaired) electrons. The number of aliphatic hydroxyl groups excluding tert-OH is 1. The van der Waals surface area contributed by atoms with Crippen molar-refractivity contribution in [2.24, 2.45) is 0 Å². The molecule has 0 saturated heterocycles. The molecule has 0 bridgehead atoms. The number of methoxy groups -OCH3 is 1. The molecule has 1 aromatic rings. The van der Waals surface area contributed by atoms with E-state index in [1.54, 1.807) is 43.3 Å². The van der Waals surface area contributed by atoms with Crippen molar-refractivity contribution in [1.29, 1.82) is 0 Å². The Hall–Kier alpha value is -1.59. The van der Waals surface area contributed by atoms with Crippen LogP contribution in [0.4, 0.5) is 0 Å². The van der Waals surface area contributed by atoms with Crippen molar-refractivity contribution in [3.8, 4) is 5.75 Å². The lowest BCUT2D eigenvalue weighted by Crippen LogP contribution is -2.52. The van der Waals surface area contributed by atoms with Gasteiger partial charge in [-0.05, 0) is 57.4 Å². The van der Waals surface area contributed by atoms with Gasteiger partial charge in [-0.2, -0.15) is 0 Å². The zero-order chi connectivity index (χ0) is 17.0. The summed E-state index contributed by atoms with van der Waals surface area (Å²) in [6, 6.07) is 6.92. The number of carbonyl (C=O) groups is 1. The van der Waals surface area contributed by atoms with E-state index in [4.69, 9.17) is 9.47 Å². The number of hydrogen-bond donors (Lipinski definition) is 1. The molecule has 5 nitrogen and oxygen atoms in total. The Kier molecular flexibility index (Phi) is 6.02. The summed E-state index contributed by atoms with van der Waals surface area (Å²) in [7, 11) is 3.35. The molecule has 0 aliphatic heterocycles. The normalized spacial score (nSPS) is 24.5. The Morgan fingerprint density at radius 1 is 1.26 bits per heavy atom. The molecular formula is C18H27NO4. The summed E-state index contributed by atoms with van der Waals surface area (Å²) < 4.78 is 10.9. The van der Waals surface area contributed by atoms with Gasteiger partial charge in [0.2, 0.25) is 0 Å². The van der Waals surface area contributed by atoms with Gasteiger partial charge in [0.15, 0.2) is 0 Å². The first kappa shape index (κ1) is 17.8. The van der Waals surface area contributed by atoms with Crippen LogP contribution in [0.1, 0.15) is 43.5 Å². The molecule has 1 aromatic carbocycles. The third kappa shape index (κ3) is 4.24. The van der Waals surface area contributed by atoms with Crippen molar-refractivity contribution in [2.75, 3.05) is 14.2 Å². The molecule has 0 spiro atoms. The van der Waals surface area contributed by atoms with Crippen LogP contribution in [0.3, 0.4) is 0 Å². The van der Waals surface area contributed by atoms with E-state index in [0.717, 1.165) is 25.0 Å². The molecule has 1 amide bonds. The topological polar surface area (TPSA) is 59.0 Å². The van der Waals surface area contributed by atoms with E-state index in [9.17, 15) is 9.90 Å². The SMILES string of the molecule is CO[C@@H]1CCC[C@@H](N(C)C(=O)c2ccc(OC(C)C)cc2)[C@H]1O. The van der Waals surface area contributed by atoms with Crippen molar-refractivity contribution in [2.45, 2.75) is 57.5 Å². The number of rotatable bonds is 5. The molecule has 128 valence electrons. The minimum atomic E-state index is -0.647. The molecule has 5 heteroatoms. The van der Waals surface area contributed by atoms with Crippen LogP contribution in [0.5, 0.6) is 5.75 Å². The number of carbonyl (C=O) groups excluding carboxylic acids is 1. The van der Waals surface area contributed by atoms with E-state index in [1.165, 1.54) is 0 Å². The molecule has 2 rings (SSSR count). The van der Waals surface area contributed by atoms with Crippen LogP contribution in [0.2, 0.25) is 0 Å². The molecule has 0 aromatic heterocycles. The van der Waals surface area contributed by atoms with Crippen LogP contribution in [0, 0.1) is 0 Å². The summed E-state index contributed by atoms with van der Waals surface area (Å²) >= 11 is 0. The summed E-state index contributed by atoms with van der Waals surface area (Å²) in [6.07, 6.45) is 1.81. The number of likely N-dealkylation sites (N-methyl/N-ethyl adjacent to an activating group) is 1. The van der Waals surface area contributed by atoms with E-state index in [0.29, 0.717) is 5.56 Å². The predicted octanol–water partition coefficient (Wildman–Crippen LogP) is 2.47. The fourth-order valence-corrected chi connectivity index (χ4v) is 3.10. The Balaban J connectivity index is 2.06. The summed E-state index contributed by atoms with van der Waals surface area (Å²) in [5, 5.41) is 10.4. The maximum Gasteiger partial charge on any atom is 0.253 e. The zero-order valence-electron chi connectivity index (χ0n) is 14.4. The van der Waals surface area contributed by atoms with Crippen LogP contribution in [0.15, 0.2) is 24.3 Å². The first-order valence-corrected chi connectivity index (χ1v) is 8.18. The molecule has 1 aliphatic carbocycles. The van der Waals surface area contributed by atoms with Gasteiger partial charge in [-0.25, -0.2) is 0 Å². The minimum absolute atomic E-state index is 0.0955. The largest absolute Gasteiger partial charge is 0.491 e. The van der Waals surface area contributed by atoms with E-state index in [1.807, 2.05) is 13.8 Å². The number of nitrogens with zero attached hydrogens (tertiary/aromatic N) is 1. The lowest BCUT2D eigenvalue weighted by molar-refractivity contribution is -0.0714. The summed E-state index contributed by atoms with van der Waals surface area (Å²) in [5.41, 5.74) is 0.593. The molecule has 1 aliphatic rings. The average Bonchev–Trinajstić information content (AvgIpc) is 2.54. The Labute approximate surface area is 138 Å². The number of benzene rings is 1. The van der Waals surface area contributed by atoms with E-state index < -0.39 is 6.10 Å². The second kappa shape index (κ2) is 7.79. The van der Waals surface area contributed by atoms with Gasteiger partial charge in [0.1, 0.15) is 11.9 Å². The number of amides is 1. The second-order valence-corrected chi connectivity index (χ2v) is 6.37. The Morgan fingerprint density at radius 2 is 1.91 bits per heavy atom. The van der Waals surface area contributed by atoms with Crippen LogP contribution in [0.25, 0.3) is 0 Å². The molecule has 23 heavy (non-hydrogen) atoms. The van der Waals surface area contributed by atoms with E-state index >= 15 is 0 Å². The van der Waals surface area contributed by atoms with Gasteiger partial charge in [0, 0.05) is 19.7 Å². The third-order valence-electron chi connectivity index (χ3n) is 4.36. The van der Waals surface area contributed by atoms with Crippen molar-refractivity contribution >= 4 is 5.91 Å². The smallest absolute Gasteiger partial charge is 0.253 e. The highest BCUT2D eigenvalue weighted by Crippen LogP contribution is 2.26. The third-order valence-corrected chi connectivity index (χ3v) is 4.36. The second-order valence-electron chi connectivity index (χ2n) is 6.37. The maximum atomic E-state index is 12.7. The van der Waals surface area contributed by atoms with Crippen molar-refractivity contribution in [3.05, 3.63) is 29.8 Å². The van der Waals surface area contributed by atoms with Crippen LogP contribution in [-0.2, 0) is 4.74 Å². The molecule has 1 fully saturated rings. The van der Waals surface area contributed by atoms with Gasteiger partial charge in [0.05, 0.1) is 18.2 Å². The van der Waals surface area contributed by atoms with Crippen LogP contribution in [-0.4, -0.2) is 54.4 Å². The summed E-state index contributed by atoms with van der Waals surface area (Å²) in [6.45, 7) is 3.92. The number of ether oxygens (including phenoxy) is 2. The van der Waals surface area contributed by atoms with Gasteiger partial charge in [0.25, 0.3) is 5.91 Å². The van der Waals surface area contributed by atoms with Gasteiger partial charge < -0.3 is 19.5 Å². The Bertz CT molecular complexity index is 514. The van der Waals surface area contributed by atoms with E-state index in [-0.39, 0.29) is 24.2 Å². The summed E-state index contributed by atoms with van der Waals surface area (Å²) in [4.78, 5) is 14.3. The summed E-state index contributed by atoms with van der Waals surface area (Å²) in [5.74, 6) is 0.651. The quantitative estimate of drug-likeness (QED) is 0.905. The van der Waals surface area contributed by atoms with Crippen molar-refractivity contribution in [1.82, 2.24) is 4.90 Å². The van der Waals surface area contributed by atoms with Gasteiger partial charge >= 0.3 is 0 Å². The fourth-order valence-electron chi connectivity index (χ4n) is 3.10. The van der Waals surface area contributed by atoms with Gasteiger partial charge in [-0.3, -0.25) is 4.79 Å². The van der Waals surface area contributed by atoms with Crippen molar-refractivity contribution in [3.63, 3.8) is 0 Å². The number of aliphatic hydroxyl groups is 1. The maximum absolute atomic E-state index is 12.7. The highest BCUT2D eigenvalue weighted by molar-refractivity contribution is 5.94. The van der Waals surface area contributed by atoms with E-state index in [2.05, 4.69) is 0 Å². The first-order chi connectivity index (χ1) is 10.9. The van der Waals surface area contributed by atoms with Crippen LogP contribution >= 0.6 is 0 Å². The minimum Gasteiger partial charge on any atom is -0.491 e. The highest BCUT2D eigenvalue weighted by Gasteiger charge is 2.36. The van der Waals surface area contributed by atoms with Crippen molar-refractivity contribution < 1.29 is 19.4 Å². The van der Waals surface area contributed by atoms with Gasteiger partial charge in [-0.1, -0.05) is 0 Å². The van der Waals surface area contributed by atoms with Gasteiger partial charge in [-0.15, -0.1) is 0 Å². The monoisotopic (exact) mass is 321 g/mol. The molecule has 0 unspecified atom stereocenters. The lowest BCUT2D eigenvalue weighted by Gasteiger charge is -2.39. The zero-order valence-corrected chi connectivity index (χ0v) is 14.4. The predicted molar refractivity (Wildman–Crippen MR) is 88.7 cm³/mol. The average molecular weight is 321 g/mol. The lowest BCUT2D eigenvalue weighted by atomic mass is 9.88. The molecule has 1 N–H and O–H groups in total. The molecular weight excluding hydrogens is 294 g/mol. The molecule has 1 saturated carbocycles. The number of hydrogen-bond acceptors (Lipinski definition) is 4. The van der Waals surface area contributed by atoms with Crippen LogP contribution < -0.4 is 4.74 Å². The molecule has 0 heterocycles. The Morgan fingerprint density at radius 3 is 2.48 bits per heavy atom. The first-order valence-electron chi connectivity index (χ1n) is 8.18. The highest BCUT2D eigenvalue weighted by atomic mass is 16.5. The molecule has 3 atom stereocenters.